The van der Waals surface area contributed by atoms with Crippen molar-refractivity contribution in [3.05, 3.63) is 77.6 Å². The van der Waals surface area contributed by atoms with Gasteiger partial charge in [-0.25, -0.2) is 9.37 Å². The van der Waals surface area contributed by atoms with E-state index < -0.39 is 29.2 Å². The molecule has 0 bridgehead atoms. The Balaban J connectivity index is 2.11. The Morgan fingerprint density at radius 2 is 1.90 bits per heavy atom. The second-order valence-electron chi connectivity index (χ2n) is 5.90. The summed E-state index contributed by atoms with van der Waals surface area (Å²) >= 11 is 0. The maximum atomic E-state index is 13.5. The number of aromatic nitrogens is 2. The summed E-state index contributed by atoms with van der Waals surface area (Å²) in [6.07, 6.45) is -2.94. The number of alkyl halides is 3. The molecule has 1 aromatic carbocycles. The molecule has 0 unspecified atom stereocenters. The van der Waals surface area contributed by atoms with Crippen molar-refractivity contribution in [2.75, 3.05) is 12.2 Å². The molecule has 0 N–H and O–H groups in total. The number of hydrogen-bond donors (Lipinski definition) is 0. The number of hydrogen-bond acceptors (Lipinski definition) is 6. The zero-order valence-electron chi connectivity index (χ0n) is 15.7. The summed E-state index contributed by atoms with van der Waals surface area (Å²) in [7, 11) is 1.22. The number of amides is 1. The number of hydroxylamine groups is 1. The molecule has 0 saturated heterocycles. The minimum Gasteiger partial charge on any atom is -0.493 e. The topological polar surface area (TPSA) is 88.3 Å². The third-order valence-corrected chi connectivity index (χ3v) is 3.90. The lowest BCUT2D eigenvalue weighted by Gasteiger charge is -2.24. The van der Waals surface area contributed by atoms with Gasteiger partial charge in [0.1, 0.15) is 23.3 Å². The average molecular weight is 432 g/mol. The molecule has 11 heteroatoms. The van der Waals surface area contributed by atoms with E-state index in [2.05, 4.69) is 9.97 Å². The van der Waals surface area contributed by atoms with Crippen molar-refractivity contribution >= 4 is 11.6 Å². The van der Waals surface area contributed by atoms with Crippen LogP contribution in [0.2, 0.25) is 0 Å². The molecule has 0 spiro atoms. The fourth-order valence-electron chi connectivity index (χ4n) is 2.51. The molecule has 1 amide bonds. The highest BCUT2D eigenvalue weighted by molar-refractivity contribution is 6.05. The number of halogens is 4. The minimum atomic E-state index is -4.91. The molecule has 0 fully saturated rings. The highest BCUT2D eigenvalue weighted by Crippen LogP contribution is 2.33. The van der Waals surface area contributed by atoms with Crippen molar-refractivity contribution in [2.45, 2.75) is 6.18 Å². The summed E-state index contributed by atoms with van der Waals surface area (Å²) in [6.45, 7) is 0. The Hall–Kier alpha value is -4.20. The molecule has 2 heterocycles. The largest absolute Gasteiger partial charge is 0.493 e. The average Bonchev–Trinajstić information content (AvgIpc) is 2.77. The Kier molecular flexibility index (Phi) is 6.01. The molecule has 3 aromatic rings. The van der Waals surface area contributed by atoms with Crippen LogP contribution in [0.3, 0.4) is 0 Å². The van der Waals surface area contributed by atoms with E-state index in [0.29, 0.717) is 5.06 Å². The number of methoxy groups -OCH3 is 1. The third kappa shape index (κ3) is 4.69. The van der Waals surface area contributed by atoms with Gasteiger partial charge in [-0.2, -0.15) is 18.4 Å². The van der Waals surface area contributed by atoms with E-state index in [9.17, 15) is 22.4 Å². The maximum Gasteiger partial charge on any atom is 0.434 e. The second kappa shape index (κ2) is 8.66. The van der Waals surface area contributed by atoms with E-state index >= 15 is 0 Å². The highest BCUT2D eigenvalue weighted by atomic mass is 19.4. The van der Waals surface area contributed by atoms with Gasteiger partial charge in [-0.3, -0.25) is 9.78 Å². The van der Waals surface area contributed by atoms with Crippen molar-refractivity contribution in [3.8, 4) is 17.6 Å². The van der Waals surface area contributed by atoms with Gasteiger partial charge in [-0.15, -0.1) is 5.06 Å². The molecule has 0 aliphatic heterocycles. The van der Waals surface area contributed by atoms with Crippen LogP contribution in [0, 0.1) is 17.1 Å². The molecule has 0 radical (unpaired) electrons. The Morgan fingerprint density at radius 1 is 1.13 bits per heavy atom. The summed E-state index contributed by atoms with van der Waals surface area (Å²) in [4.78, 5) is 25.7. The number of rotatable bonds is 5. The maximum absolute atomic E-state index is 13.5. The van der Waals surface area contributed by atoms with Gasteiger partial charge in [0.2, 0.25) is 0 Å². The molecule has 158 valence electrons. The first-order chi connectivity index (χ1) is 14.7. The van der Waals surface area contributed by atoms with Gasteiger partial charge in [0.25, 0.3) is 5.91 Å². The minimum absolute atomic E-state index is 0.00729. The standard InChI is InChI=1S/C20H12F4N4O3/c1-30-17-9-12(21)4-7-16(17)31-28(14-6-5-13(10-25)27-11-14)19(29)15-3-2-8-26-18(15)20(22,23)24/h2-9,11H,1H3. The second-order valence-corrected chi connectivity index (χ2v) is 5.90. The lowest BCUT2D eigenvalue weighted by Crippen LogP contribution is -2.36. The van der Waals surface area contributed by atoms with E-state index in [4.69, 9.17) is 14.8 Å². The smallest absolute Gasteiger partial charge is 0.434 e. The number of ether oxygens (including phenoxy) is 1. The Labute approximate surface area is 173 Å². The van der Waals surface area contributed by atoms with Gasteiger partial charge >= 0.3 is 6.18 Å². The van der Waals surface area contributed by atoms with E-state index in [1.54, 1.807) is 6.07 Å². The summed E-state index contributed by atoms with van der Waals surface area (Å²) in [5.41, 5.74) is -2.29. The number of anilines is 1. The number of benzene rings is 1. The number of carbonyl (C=O) groups excluding carboxylic acids is 1. The summed E-state index contributed by atoms with van der Waals surface area (Å²) < 4.78 is 58.6. The van der Waals surface area contributed by atoms with E-state index in [1.807, 2.05) is 0 Å². The zero-order chi connectivity index (χ0) is 22.6. The van der Waals surface area contributed by atoms with Crippen LogP contribution in [0.1, 0.15) is 21.7 Å². The van der Waals surface area contributed by atoms with Crippen LogP contribution in [0.15, 0.2) is 54.9 Å². The van der Waals surface area contributed by atoms with Crippen LogP contribution in [0.4, 0.5) is 23.2 Å². The van der Waals surface area contributed by atoms with Gasteiger partial charge in [-0.1, -0.05) is 0 Å². The molecular weight excluding hydrogens is 420 g/mol. The predicted octanol–water partition coefficient (Wildman–Crippen LogP) is 4.16. The third-order valence-electron chi connectivity index (χ3n) is 3.90. The quantitative estimate of drug-likeness (QED) is 0.445. The number of nitrogens with zero attached hydrogens (tertiary/aromatic N) is 4. The van der Waals surface area contributed by atoms with Crippen molar-refractivity contribution in [1.29, 1.82) is 5.26 Å². The molecule has 7 nitrogen and oxygen atoms in total. The van der Waals surface area contributed by atoms with E-state index in [0.717, 1.165) is 42.7 Å². The van der Waals surface area contributed by atoms with Crippen LogP contribution in [0.25, 0.3) is 0 Å². The molecule has 0 aliphatic carbocycles. The molecular formula is C20H12F4N4O3. The fourth-order valence-corrected chi connectivity index (χ4v) is 2.51. The molecule has 0 atom stereocenters. The van der Waals surface area contributed by atoms with Gasteiger partial charge in [0, 0.05) is 12.3 Å². The van der Waals surface area contributed by atoms with E-state index in [1.165, 1.54) is 19.2 Å². The molecule has 0 aliphatic rings. The van der Waals surface area contributed by atoms with Crippen molar-refractivity contribution in [1.82, 2.24) is 9.97 Å². The number of carbonyl (C=O) groups is 1. The SMILES string of the molecule is COc1cc(F)ccc1ON(C(=O)c1cccnc1C(F)(F)F)c1ccc(C#N)nc1. The summed E-state index contributed by atoms with van der Waals surface area (Å²) in [5.74, 6) is -2.15. The molecule has 3 rings (SSSR count). The molecule has 31 heavy (non-hydrogen) atoms. The van der Waals surface area contributed by atoms with Gasteiger partial charge in [-0.05, 0) is 36.4 Å². The first-order valence-corrected chi connectivity index (χ1v) is 8.49. The van der Waals surface area contributed by atoms with Crippen molar-refractivity contribution in [2.24, 2.45) is 0 Å². The van der Waals surface area contributed by atoms with Crippen LogP contribution in [-0.2, 0) is 6.18 Å². The van der Waals surface area contributed by atoms with Gasteiger partial charge in [0.05, 0.1) is 18.9 Å². The number of nitriles is 1. The lowest BCUT2D eigenvalue weighted by molar-refractivity contribution is -0.141. The fraction of sp³-hybridized carbons (Fsp3) is 0.100. The van der Waals surface area contributed by atoms with E-state index in [-0.39, 0.29) is 22.9 Å². The first kappa shape index (κ1) is 21.5. The van der Waals surface area contributed by atoms with Crippen molar-refractivity contribution < 1.29 is 31.9 Å². The lowest BCUT2D eigenvalue weighted by atomic mass is 10.1. The van der Waals surface area contributed by atoms with Gasteiger partial charge in [0.15, 0.2) is 17.2 Å². The first-order valence-electron chi connectivity index (χ1n) is 8.49. The summed E-state index contributed by atoms with van der Waals surface area (Å²) in [5, 5.41) is 9.42. The Bertz CT molecular complexity index is 1140. The normalized spacial score (nSPS) is 10.8. The molecule has 2 aromatic heterocycles. The Morgan fingerprint density at radius 3 is 2.52 bits per heavy atom. The predicted molar refractivity (Wildman–Crippen MR) is 98.6 cm³/mol. The molecule has 0 saturated carbocycles. The monoisotopic (exact) mass is 432 g/mol. The summed E-state index contributed by atoms with van der Waals surface area (Å²) in [6, 6.07) is 9.51. The van der Waals surface area contributed by atoms with Crippen LogP contribution in [-0.4, -0.2) is 23.0 Å². The zero-order valence-corrected chi connectivity index (χ0v) is 15.7. The number of pyridine rings is 2. The van der Waals surface area contributed by atoms with Crippen LogP contribution >= 0.6 is 0 Å². The van der Waals surface area contributed by atoms with Crippen molar-refractivity contribution in [3.63, 3.8) is 0 Å². The van der Waals surface area contributed by atoms with Gasteiger partial charge < -0.3 is 9.57 Å². The van der Waals surface area contributed by atoms with Crippen LogP contribution in [0.5, 0.6) is 11.5 Å². The highest BCUT2D eigenvalue weighted by Gasteiger charge is 2.39. The van der Waals surface area contributed by atoms with Crippen LogP contribution < -0.4 is 14.6 Å².